The Labute approximate surface area is 109 Å². The van der Waals surface area contributed by atoms with Gasteiger partial charge in [-0.05, 0) is 25.7 Å². The van der Waals surface area contributed by atoms with Crippen molar-refractivity contribution in [1.82, 2.24) is 9.80 Å². The Balaban J connectivity index is 2.45. The lowest BCUT2D eigenvalue weighted by Crippen LogP contribution is -2.47. The summed E-state index contributed by atoms with van der Waals surface area (Å²) in [6, 6.07) is 0.135. The number of carbonyl (C=O) groups excluding carboxylic acids is 1. The molecule has 1 rings (SSSR count). The van der Waals surface area contributed by atoms with Crippen LogP contribution in [0.5, 0.6) is 0 Å². The van der Waals surface area contributed by atoms with Gasteiger partial charge in [0.25, 0.3) is 0 Å². The second-order valence-electron chi connectivity index (χ2n) is 4.75. The molecule has 4 nitrogen and oxygen atoms in total. The molecular weight excluding hydrogens is 234 g/mol. The molecule has 1 aliphatic heterocycles. The van der Waals surface area contributed by atoms with Crippen LogP contribution >= 0.6 is 12.2 Å². The number of nitrogens with zero attached hydrogens (tertiary/aromatic N) is 2. The number of rotatable bonds is 4. The molecule has 0 aromatic rings. The fourth-order valence-corrected chi connectivity index (χ4v) is 2.13. The highest BCUT2D eigenvalue weighted by molar-refractivity contribution is 7.80. The van der Waals surface area contributed by atoms with E-state index in [-0.39, 0.29) is 6.03 Å². The van der Waals surface area contributed by atoms with Crippen LogP contribution in [0.2, 0.25) is 0 Å². The molecule has 0 atom stereocenters. The number of hydrogen-bond acceptors (Lipinski definition) is 2. The highest BCUT2D eigenvalue weighted by Gasteiger charge is 2.23. The minimum atomic E-state index is 0.135. The first-order chi connectivity index (χ1) is 8.04. The maximum atomic E-state index is 12.2. The van der Waals surface area contributed by atoms with Crippen LogP contribution in [0.25, 0.3) is 0 Å². The molecule has 0 unspecified atom stereocenters. The molecule has 0 spiro atoms. The Morgan fingerprint density at radius 1 is 1.47 bits per heavy atom. The Bertz CT molecular complexity index is 275. The number of amides is 2. The molecule has 0 radical (unpaired) electrons. The molecule has 1 saturated heterocycles. The summed E-state index contributed by atoms with van der Waals surface area (Å²) in [5.74, 6) is 0.741. The summed E-state index contributed by atoms with van der Waals surface area (Å²) in [7, 11) is 0. The quantitative estimate of drug-likeness (QED) is 0.782. The van der Waals surface area contributed by atoms with Gasteiger partial charge in [0.05, 0.1) is 4.99 Å². The van der Waals surface area contributed by atoms with E-state index in [1.54, 1.807) is 0 Å². The van der Waals surface area contributed by atoms with Gasteiger partial charge in [0, 0.05) is 32.6 Å². The van der Waals surface area contributed by atoms with Gasteiger partial charge in [-0.2, -0.15) is 0 Å². The number of thiocarbonyl (C=S) groups is 1. The topological polar surface area (TPSA) is 49.6 Å². The number of hydrogen-bond donors (Lipinski definition) is 1. The Kier molecular flexibility index (Phi) is 5.68. The number of carbonyl (C=O) groups is 1. The highest BCUT2D eigenvalue weighted by Crippen LogP contribution is 2.17. The monoisotopic (exact) mass is 257 g/mol. The SMILES string of the molecule is CCN(CCC(N)=S)C(=O)N1CCC(C)CC1. The fraction of sp³-hybridized carbons (Fsp3) is 0.833. The smallest absolute Gasteiger partial charge is 0.320 e. The Hall–Kier alpha value is -0.840. The molecule has 2 amide bonds. The summed E-state index contributed by atoms with van der Waals surface area (Å²) in [6.45, 7) is 7.34. The molecule has 1 fully saturated rings. The molecule has 5 heteroatoms. The lowest BCUT2D eigenvalue weighted by atomic mass is 9.99. The second-order valence-corrected chi connectivity index (χ2v) is 5.27. The molecule has 0 aliphatic carbocycles. The van der Waals surface area contributed by atoms with Crippen LogP contribution in [0, 0.1) is 5.92 Å². The number of likely N-dealkylation sites (tertiary alicyclic amines) is 1. The zero-order chi connectivity index (χ0) is 12.8. The van der Waals surface area contributed by atoms with Gasteiger partial charge in [-0.25, -0.2) is 4.79 Å². The van der Waals surface area contributed by atoms with E-state index in [0.717, 1.165) is 31.8 Å². The number of nitrogens with two attached hydrogens (primary N) is 1. The summed E-state index contributed by atoms with van der Waals surface area (Å²) in [6.07, 6.45) is 2.83. The maximum absolute atomic E-state index is 12.2. The summed E-state index contributed by atoms with van der Waals surface area (Å²) < 4.78 is 0. The summed E-state index contributed by atoms with van der Waals surface area (Å²) >= 11 is 4.85. The third-order valence-electron chi connectivity index (χ3n) is 3.33. The molecule has 0 aromatic carbocycles. The first-order valence-electron chi connectivity index (χ1n) is 6.36. The van der Waals surface area contributed by atoms with Crippen LogP contribution < -0.4 is 5.73 Å². The van der Waals surface area contributed by atoms with E-state index in [0.29, 0.717) is 24.5 Å². The fourth-order valence-electron chi connectivity index (χ4n) is 2.03. The first-order valence-corrected chi connectivity index (χ1v) is 6.77. The normalized spacial score (nSPS) is 16.9. The zero-order valence-electron chi connectivity index (χ0n) is 10.8. The van der Waals surface area contributed by atoms with Gasteiger partial charge in [0.1, 0.15) is 0 Å². The van der Waals surface area contributed by atoms with E-state index < -0.39 is 0 Å². The first kappa shape index (κ1) is 14.2. The van der Waals surface area contributed by atoms with Crippen molar-refractivity contribution in [3.05, 3.63) is 0 Å². The van der Waals surface area contributed by atoms with Crippen LogP contribution in [0.3, 0.4) is 0 Å². The van der Waals surface area contributed by atoms with Crippen molar-refractivity contribution in [3.8, 4) is 0 Å². The summed E-state index contributed by atoms with van der Waals surface area (Å²) in [5, 5.41) is 0. The molecule has 1 heterocycles. The number of urea groups is 1. The van der Waals surface area contributed by atoms with E-state index in [2.05, 4.69) is 6.92 Å². The average Bonchev–Trinajstić information content (AvgIpc) is 2.30. The van der Waals surface area contributed by atoms with Gasteiger partial charge >= 0.3 is 6.03 Å². The van der Waals surface area contributed by atoms with Crippen LogP contribution in [0.4, 0.5) is 4.79 Å². The van der Waals surface area contributed by atoms with Crippen molar-refractivity contribution >= 4 is 23.2 Å². The minimum absolute atomic E-state index is 0.135. The lowest BCUT2D eigenvalue weighted by Gasteiger charge is -2.34. The van der Waals surface area contributed by atoms with Crippen LogP contribution in [0.1, 0.15) is 33.1 Å². The van der Waals surface area contributed by atoms with Crippen LogP contribution in [0.15, 0.2) is 0 Å². The van der Waals surface area contributed by atoms with Gasteiger partial charge in [0.2, 0.25) is 0 Å². The third kappa shape index (κ3) is 4.50. The molecular formula is C12H23N3OS. The second kappa shape index (κ2) is 6.79. The van der Waals surface area contributed by atoms with Gasteiger partial charge in [-0.1, -0.05) is 19.1 Å². The lowest BCUT2D eigenvalue weighted by molar-refractivity contribution is 0.137. The van der Waals surface area contributed by atoms with Crippen molar-refractivity contribution in [2.45, 2.75) is 33.1 Å². The molecule has 0 aromatic heterocycles. The van der Waals surface area contributed by atoms with Crippen LogP contribution in [-0.4, -0.2) is 47.0 Å². The van der Waals surface area contributed by atoms with Crippen molar-refractivity contribution in [1.29, 1.82) is 0 Å². The number of piperidine rings is 1. The molecule has 0 saturated carbocycles. The van der Waals surface area contributed by atoms with E-state index in [4.69, 9.17) is 18.0 Å². The molecule has 2 N–H and O–H groups in total. The van der Waals surface area contributed by atoms with Gasteiger partial charge in [-0.3, -0.25) is 0 Å². The summed E-state index contributed by atoms with van der Waals surface area (Å²) in [4.78, 5) is 16.5. The van der Waals surface area contributed by atoms with E-state index in [9.17, 15) is 4.79 Å². The molecule has 17 heavy (non-hydrogen) atoms. The van der Waals surface area contributed by atoms with E-state index in [1.807, 2.05) is 16.7 Å². The van der Waals surface area contributed by atoms with Gasteiger partial charge in [-0.15, -0.1) is 0 Å². The van der Waals surface area contributed by atoms with Crippen molar-refractivity contribution in [3.63, 3.8) is 0 Å². The highest BCUT2D eigenvalue weighted by atomic mass is 32.1. The Morgan fingerprint density at radius 3 is 2.53 bits per heavy atom. The molecule has 1 aliphatic rings. The molecule has 0 bridgehead atoms. The van der Waals surface area contributed by atoms with E-state index >= 15 is 0 Å². The van der Waals surface area contributed by atoms with Crippen molar-refractivity contribution < 1.29 is 4.79 Å². The standard InChI is InChI=1S/C12H23N3OS/c1-3-14(9-6-11(13)17)12(16)15-7-4-10(2)5-8-15/h10H,3-9H2,1-2H3,(H2,13,17). The largest absolute Gasteiger partial charge is 0.393 e. The van der Waals surface area contributed by atoms with Crippen LogP contribution in [-0.2, 0) is 0 Å². The predicted octanol–water partition coefficient (Wildman–Crippen LogP) is 1.84. The average molecular weight is 257 g/mol. The third-order valence-corrected chi connectivity index (χ3v) is 3.54. The zero-order valence-corrected chi connectivity index (χ0v) is 11.6. The van der Waals surface area contributed by atoms with Gasteiger partial charge in [0.15, 0.2) is 0 Å². The summed E-state index contributed by atoms with van der Waals surface area (Å²) in [5.41, 5.74) is 5.47. The minimum Gasteiger partial charge on any atom is -0.393 e. The van der Waals surface area contributed by atoms with Crippen molar-refractivity contribution in [2.75, 3.05) is 26.2 Å². The predicted molar refractivity (Wildman–Crippen MR) is 74.0 cm³/mol. The van der Waals surface area contributed by atoms with Gasteiger partial charge < -0.3 is 15.5 Å². The van der Waals surface area contributed by atoms with Crippen molar-refractivity contribution in [2.24, 2.45) is 11.7 Å². The Morgan fingerprint density at radius 2 is 2.06 bits per heavy atom. The maximum Gasteiger partial charge on any atom is 0.320 e. The van der Waals surface area contributed by atoms with E-state index in [1.165, 1.54) is 0 Å². The molecule has 98 valence electrons.